The van der Waals surface area contributed by atoms with Crippen molar-refractivity contribution in [3.63, 3.8) is 0 Å². The van der Waals surface area contributed by atoms with Gasteiger partial charge in [0.1, 0.15) is 6.20 Å². The number of rotatable bonds is 2. The predicted molar refractivity (Wildman–Crippen MR) is 83.5 cm³/mol. The summed E-state index contributed by atoms with van der Waals surface area (Å²) in [6.45, 7) is 0. The van der Waals surface area contributed by atoms with Gasteiger partial charge in [-0.15, -0.1) is 0 Å². The van der Waals surface area contributed by atoms with Gasteiger partial charge >= 0.3 is 0 Å². The number of ketones is 1. The maximum atomic E-state index is 12.5. The highest BCUT2D eigenvalue weighted by Crippen LogP contribution is 2.48. The van der Waals surface area contributed by atoms with Crippen LogP contribution in [0.3, 0.4) is 0 Å². The van der Waals surface area contributed by atoms with E-state index >= 15 is 0 Å². The van der Waals surface area contributed by atoms with E-state index in [4.69, 9.17) is 0 Å². The molecule has 3 aliphatic rings. The molecule has 0 saturated heterocycles. The van der Waals surface area contributed by atoms with Crippen molar-refractivity contribution in [2.45, 2.75) is 25.2 Å². The first-order valence-corrected chi connectivity index (χ1v) is 9.12. The molecule has 2 aliphatic heterocycles. The summed E-state index contributed by atoms with van der Waals surface area (Å²) in [5.74, 6) is -0.938. The molecule has 0 saturated carbocycles. The number of carbonyl (C=O) groups is 1. The number of aromatic nitrogens is 1. The van der Waals surface area contributed by atoms with Crippen molar-refractivity contribution in [3.8, 4) is 0 Å². The Morgan fingerprint density at radius 2 is 2.00 bits per heavy atom. The first-order valence-electron chi connectivity index (χ1n) is 7.47. The second kappa shape index (κ2) is 4.97. The molecule has 9 heteroatoms. The summed E-state index contributed by atoms with van der Waals surface area (Å²) < 4.78 is 25.0. The Hall–Kier alpha value is -2.55. The summed E-state index contributed by atoms with van der Waals surface area (Å²) in [4.78, 5) is 26.8. The van der Waals surface area contributed by atoms with E-state index in [1.54, 1.807) is 0 Å². The monoisotopic (exact) mass is 347 g/mol. The van der Waals surface area contributed by atoms with E-state index in [2.05, 4.69) is 10.3 Å². The van der Waals surface area contributed by atoms with Crippen LogP contribution < -0.4 is 5.32 Å². The number of hydrogen-bond acceptors (Lipinski definition) is 7. The summed E-state index contributed by atoms with van der Waals surface area (Å²) in [5, 5.41) is 14.1. The number of Topliss-reactive ketones (excluding diaryl/α,β-unsaturated/α-hetero) is 1. The largest absolute Gasteiger partial charge is 0.361 e. The molecule has 1 N–H and O–H groups in total. The second-order valence-electron chi connectivity index (χ2n) is 6.02. The van der Waals surface area contributed by atoms with Gasteiger partial charge in [0.25, 0.3) is 5.69 Å². The molecule has 8 nitrogen and oxygen atoms in total. The fraction of sp³-hybridized carbons (Fsp3) is 0.333. The number of allylic oxidation sites excluding steroid dienone is 4. The minimum absolute atomic E-state index is 0.0156. The Morgan fingerprint density at radius 3 is 2.75 bits per heavy atom. The number of pyridine rings is 1. The van der Waals surface area contributed by atoms with Gasteiger partial charge in [0.05, 0.1) is 21.5 Å². The predicted octanol–water partition coefficient (Wildman–Crippen LogP) is 1.32. The van der Waals surface area contributed by atoms with Crippen LogP contribution in [0.4, 0.5) is 5.69 Å². The maximum absolute atomic E-state index is 12.5. The van der Waals surface area contributed by atoms with E-state index in [-0.39, 0.29) is 22.1 Å². The number of carbonyl (C=O) groups excluding carboxylic acids is 1. The van der Waals surface area contributed by atoms with Crippen LogP contribution in [0, 0.1) is 10.1 Å². The Labute approximate surface area is 137 Å². The molecule has 24 heavy (non-hydrogen) atoms. The average molecular weight is 347 g/mol. The highest BCUT2D eigenvalue weighted by atomic mass is 32.2. The van der Waals surface area contributed by atoms with Crippen LogP contribution in [0.2, 0.25) is 0 Å². The molecule has 0 radical (unpaired) electrons. The van der Waals surface area contributed by atoms with Crippen molar-refractivity contribution in [1.82, 2.24) is 10.3 Å². The molecule has 1 aromatic heterocycles. The molecule has 1 atom stereocenters. The van der Waals surface area contributed by atoms with E-state index < -0.39 is 20.7 Å². The Bertz CT molecular complexity index is 961. The summed E-state index contributed by atoms with van der Waals surface area (Å²) >= 11 is 0. The van der Waals surface area contributed by atoms with Crippen LogP contribution in [0.5, 0.6) is 0 Å². The van der Waals surface area contributed by atoms with E-state index in [1.165, 1.54) is 12.3 Å². The van der Waals surface area contributed by atoms with Crippen molar-refractivity contribution in [3.05, 3.63) is 56.0 Å². The van der Waals surface area contributed by atoms with E-state index in [0.717, 1.165) is 11.9 Å². The fourth-order valence-electron chi connectivity index (χ4n) is 3.61. The Balaban J connectivity index is 1.94. The van der Waals surface area contributed by atoms with Crippen molar-refractivity contribution in [2.75, 3.05) is 5.75 Å². The SMILES string of the molecule is O=C1CCC2=C1C(c1cncc([N+](=O)[O-])c1)C1=C(CCS1(=O)=O)N2. The first kappa shape index (κ1) is 15.0. The maximum Gasteiger partial charge on any atom is 0.287 e. The smallest absolute Gasteiger partial charge is 0.287 e. The van der Waals surface area contributed by atoms with Gasteiger partial charge in [-0.2, -0.15) is 0 Å². The van der Waals surface area contributed by atoms with Crippen molar-refractivity contribution in [2.24, 2.45) is 0 Å². The van der Waals surface area contributed by atoms with Gasteiger partial charge in [0.2, 0.25) is 0 Å². The minimum atomic E-state index is -3.51. The lowest BCUT2D eigenvalue weighted by Gasteiger charge is -2.27. The summed E-state index contributed by atoms with van der Waals surface area (Å²) in [5.41, 5.74) is 1.87. The topological polar surface area (TPSA) is 119 Å². The zero-order valence-electron chi connectivity index (χ0n) is 12.5. The number of nitro groups is 1. The summed E-state index contributed by atoms with van der Waals surface area (Å²) in [6, 6.07) is 1.30. The van der Waals surface area contributed by atoms with Crippen molar-refractivity contribution < 1.29 is 18.1 Å². The van der Waals surface area contributed by atoms with Crippen LogP contribution in [0.15, 0.2) is 40.3 Å². The molecule has 4 rings (SSSR count). The molecule has 124 valence electrons. The Morgan fingerprint density at radius 1 is 1.21 bits per heavy atom. The zero-order valence-corrected chi connectivity index (χ0v) is 13.3. The van der Waals surface area contributed by atoms with Crippen LogP contribution in [-0.2, 0) is 14.6 Å². The fourth-order valence-corrected chi connectivity index (χ4v) is 5.44. The molecule has 1 aromatic rings. The van der Waals surface area contributed by atoms with Gasteiger partial charge in [0.15, 0.2) is 15.6 Å². The highest BCUT2D eigenvalue weighted by molar-refractivity contribution is 7.95. The van der Waals surface area contributed by atoms with E-state index in [9.17, 15) is 23.3 Å². The molecular weight excluding hydrogens is 334 g/mol. The van der Waals surface area contributed by atoms with E-state index in [0.29, 0.717) is 36.1 Å². The first-order chi connectivity index (χ1) is 11.4. The Kier molecular flexibility index (Phi) is 3.11. The van der Waals surface area contributed by atoms with Gasteiger partial charge in [-0.1, -0.05) is 0 Å². The van der Waals surface area contributed by atoms with Crippen molar-refractivity contribution >= 4 is 21.3 Å². The molecule has 1 unspecified atom stereocenters. The molecule has 0 amide bonds. The van der Waals surface area contributed by atoms with E-state index in [1.807, 2.05) is 0 Å². The third kappa shape index (κ3) is 2.08. The summed E-state index contributed by atoms with van der Waals surface area (Å²) in [6.07, 6.45) is 3.72. The molecule has 0 fully saturated rings. The minimum Gasteiger partial charge on any atom is -0.361 e. The van der Waals surface area contributed by atoms with Gasteiger partial charge in [-0.3, -0.25) is 19.9 Å². The number of hydrogen-bond donors (Lipinski definition) is 1. The molecular formula is C15H13N3O5S. The quantitative estimate of drug-likeness (QED) is 0.633. The van der Waals surface area contributed by atoms with Crippen molar-refractivity contribution in [1.29, 1.82) is 0 Å². The van der Waals surface area contributed by atoms with Crippen LogP contribution >= 0.6 is 0 Å². The lowest BCUT2D eigenvalue weighted by atomic mass is 9.86. The van der Waals surface area contributed by atoms with Gasteiger partial charge in [-0.05, 0) is 12.0 Å². The third-order valence-electron chi connectivity index (χ3n) is 4.62. The lowest BCUT2D eigenvalue weighted by Crippen LogP contribution is -2.26. The van der Waals surface area contributed by atoms with Crippen LogP contribution in [0.1, 0.15) is 30.7 Å². The second-order valence-corrected chi connectivity index (χ2v) is 8.10. The zero-order chi connectivity index (χ0) is 17.1. The number of nitrogens with zero attached hydrogens (tertiary/aromatic N) is 2. The number of dihydropyridines is 1. The molecule has 0 aromatic carbocycles. The molecule has 1 aliphatic carbocycles. The van der Waals surface area contributed by atoms with Crippen LogP contribution in [0.25, 0.3) is 0 Å². The average Bonchev–Trinajstić information content (AvgIpc) is 3.06. The van der Waals surface area contributed by atoms with Gasteiger partial charge < -0.3 is 5.32 Å². The number of sulfone groups is 1. The van der Waals surface area contributed by atoms with Crippen LogP contribution in [-0.4, -0.2) is 29.9 Å². The number of nitrogens with one attached hydrogen (secondary N) is 1. The van der Waals surface area contributed by atoms with Gasteiger partial charge in [-0.25, -0.2) is 8.42 Å². The lowest BCUT2D eigenvalue weighted by molar-refractivity contribution is -0.385. The van der Waals surface area contributed by atoms with Gasteiger partial charge in [0, 0.05) is 42.1 Å². The third-order valence-corrected chi connectivity index (χ3v) is 6.52. The highest BCUT2D eigenvalue weighted by Gasteiger charge is 2.45. The molecule has 0 bridgehead atoms. The molecule has 0 spiro atoms. The normalized spacial score (nSPS) is 24.7. The standard InChI is InChI=1S/C15H13N3O5S/c19-12-2-1-10-14(12)13(8-5-9(18(20)21)7-16-6-8)15-11(17-10)3-4-24(15,22)23/h5-7,13,17H,1-4H2. The molecule has 3 heterocycles. The summed E-state index contributed by atoms with van der Waals surface area (Å²) in [7, 11) is -3.51.